The van der Waals surface area contributed by atoms with Gasteiger partial charge in [-0.2, -0.15) is 0 Å². The van der Waals surface area contributed by atoms with Gasteiger partial charge in [-0.15, -0.1) is 0 Å². The Bertz CT molecular complexity index is 1260. The van der Waals surface area contributed by atoms with E-state index in [0.29, 0.717) is 40.7 Å². The summed E-state index contributed by atoms with van der Waals surface area (Å²) in [6.45, 7) is 6.59. The molecule has 1 fully saturated rings. The zero-order chi connectivity index (χ0) is 25.2. The quantitative estimate of drug-likeness (QED) is 0.413. The van der Waals surface area contributed by atoms with Gasteiger partial charge in [0.15, 0.2) is 0 Å². The molecule has 2 aliphatic rings. The summed E-state index contributed by atoms with van der Waals surface area (Å²) in [5.41, 5.74) is 3.06. The molecular weight excluding hydrogens is 457 g/mol. The fraction of sp³-hybridized carbons (Fsp3) is 0.333. The van der Waals surface area contributed by atoms with Crippen molar-refractivity contribution in [2.45, 2.75) is 32.4 Å². The molecule has 0 saturated carbocycles. The predicted molar refractivity (Wildman–Crippen MR) is 139 cm³/mol. The van der Waals surface area contributed by atoms with Gasteiger partial charge < -0.3 is 19.7 Å². The maximum atomic E-state index is 14.5. The zero-order valence-corrected chi connectivity index (χ0v) is 20.7. The molecule has 3 atom stereocenters. The third kappa shape index (κ3) is 4.91. The molecule has 6 heteroatoms. The van der Waals surface area contributed by atoms with E-state index in [1.165, 1.54) is 18.6 Å². The highest BCUT2D eigenvalue weighted by atomic mass is 19.1. The first-order valence-corrected chi connectivity index (χ1v) is 12.5. The van der Waals surface area contributed by atoms with E-state index >= 15 is 0 Å². The fourth-order valence-electron chi connectivity index (χ4n) is 5.15. The van der Waals surface area contributed by atoms with E-state index in [1.54, 1.807) is 24.3 Å². The van der Waals surface area contributed by atoms with Gasteiger partial charge >= 0.3 is 0 Å². The van der Waals surface area contributed by atoms with Gasteiger partial charge in [0, 0.05) is 29.3 Å². The monoisotopic (exact) mass is 489 g/mol. The Hall–Kier alpha value is -3.51. The predicted octanol–water partition coefficient (Wildman–Crippen LogP) is 6.22. The number of ether oxygens (including phenoxy) is 2. The van der Waals surface area contributed by atoms with Crippen molar-refractivity contribution in [3.05, 3.63) is 83.4 Å². The van der Waals surface area contributed by atoms with Gasteiger partial charge in [0.05, 0.1) is 0 Å². The van der Waals surface area contributed by atoms with Crippen molar-refractivity contribution in [2.24, 2.45) is 5.92 Å². The molecule has 2 heterocycles. The number of phenolic OH excluding ortho intramolecular Hbond substituents is 2. The van der Waals surface area contributed by atoms with Crippen molar-refractivity contribution in [1.82, 2.24) is 4.90 Å². The SMILES string of the molecule is CC1CCN(C(C)COc2ccc(C3Oc4ccc(O)cc4C(CF)=C3c3cccc(O)c3)cc2)C1. The van der Waals surface area contributed by atoms with Crippen LogP contribution in [0.1, 0.15) is 43.1 Å². The van der Waals surface area contributed by atoms with Crippen LogP contribution < -0.4 is 9.47 Å². The number of aromatic hydroxyl groups is 2. The third-order valence-corrected chi connectivity index (χ3v) is 7.16. The molecule has 188 valence electrons. The van der Waals surface area contributed by atoms with Crippen LogP contribution in [0, 0.1) is 5.92 Å². The lowest BCUT2D eigenvalue weighted by atomic mass is 9.85. The maximum absolute atomic E-state index is 14.5. The van der Waals surface area contributed by atoms with Crippen LogP contribution in [0.25, 0.3) is 11.1 Å². The van der Waals surface area contributed by atoms with E-state index in [2.05, 4.69) is 18.7 Å². The van der Waals surface area contributed by atoms with Gasteiger partial charge in [-0.25, -0.2) is 4.39 Å². The molecule has 0 aliphatic carbocycles. The Morgan fingerprint density at radius 3 is 2.53 bits per heavy atom. The van der Waals surface area contributed by atoms with Gasteiger partial charge in [-0.3, -0.25) is 4.90 Å². The minimum atomic E-state index is -0.741. The lowest BCUT2D eigenvalue weighted by Crippen LogP contribution is -2.35. The molecular formula is C30H32FNO4. The van der Waals surface area contributed by atoms with Crippen LogP contribution in [0.3, 0.4) is 0 Å². The normalized spacial score (nSPS) is 20.6. The summed E-state index contributed by atoms with van der Waals surface area (Å²) in [6, 6.07) is 19.5. The Kier molecular flexibility index (Phi) is 6.88. The molecule has 36 heavy (non-hydrogen) atoms. The molecule has 0 aromatic heterocycles. The standard InChI is InChI=1S/C30H32FNO4/c1-19-12-13-32(17-19)20(2)18-35-25-9-6-21(7-10-25)30-29(22-4-3-5-23(33)14-22)27(16-31)26-15-24(34)8-11-28(26)36-30/h3-11,14-15,19-20,30,33-34H,12-13,16-18H2,1-2H3. The van der Waals surface area contributed by atoms with Crippen LogP contribution in [0.5, 0.6) is 23.0 Å². The summed E-state index contributed by atoms with van der Waals surface area (Å²) in [4.78, 5) is 2.47. The van der Waals surface area contributed by atoms with E-state index in [9.17, 15) is 14.6 Å². The van der Waals surface area contributed by atoms with Crippen molar-refractivity contribution in [2.75, 3.05) is 26.4 Å². The molecule has 2 N–H and O–H groups in total. The van der Waals surface area contributed by atoms with Crippen molar-refractivity contribution < 1.29 is 24.1 Å². The van der Waals surface area contributed by atoms with Crippen LogP contribution in [0.15, 0.2) is 66.7 Å². The summed E-state index contributed by atoms with van der Waals surface area (Å²) in [5.74, 6) is 2.13. The summed E-state index contributed by atoms with van der Waals surface area (Å²) in [7, 11) is 0. The second-order valence-electron chi connectivity index (χ2n) is 9.87. The van der Waals surface area contributed by atoms with Gasteiger partial charge in [0.1, 0.15) is 42.4 Å². The second kappa shape index (κ2) is 10.2. The van der Waals surface area contributed by atoms with E-state index < -0.39 is 12.8 Å². The number of halogens is 1. The second-order valence-corrected chi connectivity index (χ2v) is 9.87. The highest BCUT2D eigenvalue weighted by Crippen LogP contribution is 2.48. The summed E-state index contributed by atoms with van der Waals surface area (Å²) in [5, 5.41) is 20.1. The Balaban J connectivity index is 1.43. The topological polar surface area (TPSA) is 62.2 Å². The lowest BCUT2D eigenvalue weighted by Gasteiger charge is -2.31. The van der Waals surface area contributed by atoms with Gasteiger partial charge in [-0.1, -0.05) is 31.2 Å². The number of alkyl halides is 1. The highest BCUT2D eigenvalue weighted by molar-refractivity contribution is 5.97. The van der Waals surface area contributed by atoms with Crippen LogP contribution >= 0.6 is 0 Å². The molecule has 0 radical (unpaired) electrons. The molecule has 5 rings (SSSR count). The van der Waals surface area contributed by atoms with E-state index in [0.717, 1.165) is 30.3 Å². The Labute approximate surface area is 211 Å². The molecule has 0 amide bonds. The van der Waals surface area contributed by atoms with Crippen molar-refractivity contribution >= 4 is 11.1 Å². The summed E-state index contributed by atoms with van der Waals surface area (Å²) in [6.07, 6.45) is 0.646. The smallest absolute Gasteiger partial charge is 0.150 e. The minimum absolute atomic E-state index is 0.0381. The van der Waals surface area contributed by atoms with Crippen molar-refractivity contribution in [1.29, 1.82) is 0 Å². The molecule has 5 nitrogen and oxygen atoms in total. The molecule has 3 aromatic rings. The number of fused-ring (bicyclic) bond motifs is 1. The third-order valence-electron chi connectivity index (χ3n) is 7.16. The minimum Gasteiger partial charge on any atom is -0.508 e. The Morgan fingerprint density at radius 2 is 1.83 bits per heavy atom. The molecule has 3 unspecified atom stereocenters. The largest absolute Gasteiger partial charge is 0.508 e. The molecule has 0 bridgehead atoms. The first kappa shape index (κ1) is 24.2. The lowest BCUT2D eigenvalue weighted by molar-refractivity contribution is 0.169. The van der Waals surface area contributed by atoms with Crippen molar-refractivity contribution in [3.8, 4) is 23.0 Å². The van der Waals surface area contributed by atoms with E-state index in [1.807, 2.05) is 30.3 Å². The first-order valence-electron chi connectivity index (χ1n) is 12.5. The fourth-order valence-corrected chi connectivity index (χ4v) is 5.15. The number of allylic oxidation sites excluding steroid dienone is 1. The average molecular weight is 490 g/mol. The van der Waals surface area contributed by atoms with Gasteiger partial charge in [0.2, 0.25) is 0 Å². The molecule has 2 aliphatic heterocycles. The molecule has 1 saturated heterocycles. The summed E-state index contributed by atoms with van der Waals surface area (Å²) < 4.78 is 27.0. The number of likely N-dealkylation sites (tertiary alicyclic amines) is 1. The van der Waals surface area contributed by atoms with Crippen LogP contribution in [0.4, 0.5) is 4.39 Å². The number of rotatable bonds is 7. The van der Waals surface area contributed by atoms with Gasteiger partial charge in [0.25, 0.3) is 0 Å². The van der Waals surface area contributed by atoms with E-state index in [-0.39, 0.29) is 11.5 Å². The maximum Gasteiger partial charge on any atom is 0.150 e. The molecule has 3 aromatic carbocycles. The Morgan fingerprint density at radius 1 is 1.06 bits per heavy atom. The number of nitrogens with zero attached hydrogens (tertiary/aromatic N) is 1. The van der Waals surface area contributed by atoms with Crippen molar-refractivity contribution in [3.63, 3.8) is 0 Å². The highest BCUT2D eigenvalue weighted by Gasteiger charge is 2.31. The van der Waals surface area contributed by atoms with Crippen LogP contribution in [-0.2, 0) is 0 Å². The molecule has 0 spiro atoms. The number of benzene rings is 3. The van der Waals surface area contributed by atoms with E-state index in [4.69, 9.17) is 9.47 Å². The van der Waals surface area contributed by atoms with Gasteiger partial charge in [-0.05, 0) is 79.4 Å². The number of hydrogen-bond acceptors (Lipinski definition) is 5. The number of phenols is 2. The van der Waals surface area contributed by atoms with Crippen LogP contribution in [0.2, 0.25) is 0 Å². The average Bonchev–Trinajstić information content (AvgIpc) is 3.33. The first-order chi connectivity index (χ1) is 17.4. The summed E-state index contributed by atoms with van der Waals surface area (Å²) >= 11 is 0. The number of hydrogen-bond donors (Lipinski definition) is 2. The zero-order valence-electron chi connectivity index (χ0n) is 20.7. The van der Waals surface area contributed by atoms with Crippen LogP contribution in [-0.4, -0.2) is 47.5 Å².